The van der Waals surface area contributed by atoms with Crippen LogP contribution in [0.15, 0.2) is 46.8 Å². The van der Waals surface area contributed by atoms with Crippen LogP contribution in [0.25, 0.3) is 0 Å². The van der Waals surface area contributed by atoms with Crippen LogP contribution in [0.2, 0.25) is 0 Å². The molecule has 0 aliphatic carbocycles. The summed E-state index contributed by atoms with van der Waals surface area (Å²) in [4.78, 5) is 8.50. The van der Waals surface area contributed by atoms with E-state index in [1.54, 1.807) is 0 Å². The molecule has 4 nitrogen and oxygen atoms in total. The smallest absolute Gasteiger partial charge is 0.193 e. The molecule has 1 atom stereocenters. The van der Waals surface area contributed by atoms with Crippen molar-refractivity contribution in [2.45, 2.75) is 25.9 Å². The number of nitrogens with two attached hydrogens (primary N) is 1. The van der Waals surface area contributed by atoms with Crippen LogP contribution in [0.3, 0.4) is 0 Å². The Labute approximate surface area is 158 Å². The Balaban J connectivity index is 0.00000192. The number of nitrogens with zero attached hydrogens (tertiary/aromatic N) is 2. The van der Waals surface area contributed by atoms with Crippen molar-refractivity contribution >= 4 is 47.0 Å². The monoisotopic (exact) mass is 442 g/mol. The maximum Gasteiger partial charge on any atom is 0.193 e. The predicted molar refractivity (Wildman–Crippen MR) is 110 cm³/mol. The molecule has 6 heteroatoms. The van der Waals surface area contributed by atoms with Gasteiger partial charge in [-0.1, -0.05) is 18.2 Å². The first-order chi connectivity index (χ1) is 10.7. The Morgan fingerprint density at radius 3 is 2.91 bits per heavy atom. The number of fused-ring (bicyclic) bond motifs is 1. The quantitative estimate of drug-likeness (QED) is 0.433. The van der Waals surface area contributed by atoms with Gasteiger partial charge >= 0.3 is 0 Å². The number of hydrogen-bond acceptors (Lipinski definition) is 3. The van der Waals surface area contributed by atoms with Crippen molar-refractivity contribution in [1.82, 2.24) is 4.90 Å². The molecule has 23 heavy (non-hydrogen) atoms. The van der Waals surface area contributed by atoms with E-state index in [1.165, 1.54) is 10.4 Å². The average Bonchev–Trinajstić information content (AvgIpc) is 3.01. The molecule has 0 fully saturated rings. The van der Waals surface area contributed by atoms with Gasteiger partial charge in [-0.3, -0.25) is 9.89 Å². The summed E-state index contributed by atoms with van der Waals surface area (Å²) in [6.45, 7) is 5.07. The zero-order valence-corrected chi connectivity index (χ0v) is 16.4. The minimum Gasteiger partial charge on any atom is -0.370 e. The summed E-state index contributed by atoms with van der Waals surface area (Å²) in [5.74, 6) is 0.478. The van der Waals surface area contributed by atoms with Gasteiger partial charge in [-0.2, -0.15) is 0 Å². The molecule has 1 aromatic heterocycles. The van der Waals surface area contributed by atoms with Gasteiger partial charge in [0.05, 0.1) is 6.54 Å². The van der Waals surface area contributed by atoms with Crippen molar-refractivity contribution in [3.05, 3.63) is 52.2 Å². The standard InChI is InChI=1S/C17H22N4S.HI/c1-13(21-9-7-16-14(12-21)8-10-22-16)11-19-17(18)20-15-5-3-2-4-6-15;/h2-6,8,10,13H,7,9,11-12H2,1H3,(H3,18,19,20);1H. The van der Waals surface area contributed by atoms with Gasteiger partial charge in [0.1, 0.15) is 0 Å². The lowest BCUT2D eigenvalue weighted by molar-refractivity contribution is 0.197. The number of hydrogen-bond donors (Lipinski definition) is 2. The number of benzene rings is 1. The number of halogens is 1. The molecule has 2 heterocycles. The van der Waals surface area contributed by atoms with Gasteiger partial charge in [0.2, 0.25) is 0 Å². The molecule has 0 radical (unpaired) electrons. The van der Waals surface area contributed by atoms with Crippen LogP contribution >= 0.6 is 35.3 Å². The molecular formula is C17H23IN4S. The topological polar surface area (TPSA) is 53.6 Å². The van der Waals surface area contributed by atoms with Crippen molar-refractivity contribution < 1.29 is 0 Å². The summed E-state index contributed by atoms with van der Waals surface area (Å²) < 4.78 is 0. The number of para-hydroxylation sites is 1. The molecule has 1 aliphatic rings. The number of nitrogens with one attached hydrogen (secondary N) is 1. The van der Waals surface area contributed by atoms with Crippen LogP contribution in [0, 0.1) is 0 Å². The molecule has 1 aromatic carbocycles. The molecule has 0 bridgehead atoms. The van der Waals surface area contributed by atoms with E-state index in [4.69, 9.17) is 5.73 Å². The van der Waals surface area contributed by atoms with Gasteiger partial charge in [-0.15, -0.1) is 35.3 Å². The van der Waals surface area contributed by atoms with E-state index >= 15 is 0 Å². The molecule has 0 spiro atoms. The van der Waals surface area contributed by atoms with Crippen LogP contribution in [0.4, 0.5) is 5.69 Å². The van der Waals surface area contributed by atoms with Gasteiger partial charge in [0.25, 0.3) is 0 Å². The Morgan fingerprint density at radius 2 is 2.13 bits per heavy atom. The Hall–Kier alpha value is -1.12. The van der Waals surface area contributed by atoms with Gasteiger partial charge in [0.15, 0.2) is 5.96 Å². The second-order valence-electron chi connectivity index (χ2n) is 5.66. The van der Waals surface area contributed by atoms with E-state index in [0.717, 1.165) is 25.2 Å². The molecule has 3 N–H and O–H groups in total. The Kier molecular flexibility index (Phi) is 6.86. The zero-order valence-electron chi connectivity index (χ0n) is 13.2. The molecule has 0 amide bonds. The Morgan fingerprint density at radius 1 is 1.35 bits per heavy atom. The van der Waals surface area contributed by atoms with Crippen molar-refractivity contribution in [1.29, 1.82) is 0 Å². The second kappa shape index (κ2) is 8.65. The lowest BCUT2D eigenvalue weighted by Gasteiger charge is -2.31. The molecule has 0 saturated carbocycles. The van der Waals surface area contributed by atoms with Gasteiger partial charge in [0, 0.05) is 29.7 Å². The normalized spacial score (nSPS) is 16.3. The highest BCUT2D eigenvalue weighted by Gasteiger charge is 2.21. The molecule has 124 valence electrons. The SMILES string of the molecule is CC(CN=C(N)Nc1ccccc1)N1CCc2sccc2C1.I. The van der Waals surface area contributed by atoms with Crippen molar-refractivity contribution in [3.8, 4) is 0 Å². The molecule has 2 aromatic rings. The highest BCUT2D eigenvalue weighted by atomic mass is 127. The number of anilines is 1. The number of aliphatic imine (C=N–C) groups is 1. The maximum atomic E-state index is 5.97. The lowest BCUT2D eigenvalue weighted by atomic mass is 10.1. The fraction of sp³-hybridized carbons (Fsp3) is 0.353. The third kappa shape index (κ3) is 4.92. The van der Waals surface area contributed by atoms with E-state index < -0.39 is 0 Å². The first kappa shape index (κ1) is 18.2. The number of rotatable bonds is 4. The fourth-order valence-electron chi connectivity index (χ4n) is 2.70. The van der Waals surface area contributed by atoms with Crippen LogP contribution in [0.1, 0.15) is 17.4 Å². The van der Waals surface area contributed by atoms with Gasteiger partial charge in [-0.05, 0) is 42.5 Å². The summed E-state index contributed by atoms with van der Waals surface area (Å²) in [6, 6.07) is 12.5. The average molecular weight is 442 g/mol. The fourth-order valence-corrected chi connectivity index (χ4v) is 3.59. The molecule has 1 aliphatic heterocycles. The minimum absolute atomic E-state index is 0. The van der Waals surface area contributed by atoms with E-state index in [-0.39, 0.29) is 24.0 Å². The summed E-state index contributed by atoms with van der Waals surface area (Å²) >= 11 is 1.87. The summed E-state index contributed by atoms with van der Waals surface area (Å²) in [5.41, 5.74) is 8.41. The van der Waals surface area contributed by atoms with Gasteiger partial charge < -0.3 is 11.1 Å². The highest BCUT2D eigenvalue weighted by Crippen LogP contribution is 2.25. The molecule has 0 saturated heterocycles. The lowest BCUT2D eigenvalue weighted by Crippen LogP contribution is -2.39. The van der Waals surface area contributed by atoms with E-state index in [2.05, 4.69) is 33.6 Å². The largest absolute Gasteiger partial charge is 0.370 e. The van der Waals surface area contributed by atoms with Crippen molar-refractivity contribution in [2.24, 2.45) is 10.7 Å². The van der Waals surface area contributed by atoms with Crippen molar-refractivity contribution in [3.63, 3.8) is 0 Å². The Bertz CT molecular complexity index is 641. The molecular weight excluding hydrogens is 419 g/mol. The summed E-state index contributed by atoms with van der Waals surface area (Å²) in [5, 5.41) is 5.32. The van der Waals surface area contributed by atoms with E-state index in [9.17, 15) is 0 Å². The predicted octanol–water partition coefficient (Wildman–Crippen LogP) is 3.54. The first-order valence-corrected chi connectivity index (χ1v) is 8.51. The molecule has 3 rings (SSSR count). The summed E-state index contributed by atoms with van der Waals surface area (Å²) in [6.07, 6.45) is 1.15. The van der Waals surface area contributed by atoms with E-state index in [1.807, 2.05) is 41.7 Å². The first-order valence-electron chi connectivity index (χ1n) is 7.63. The van der Waals surface area contributed by atoms with Crippen LogP contribution < -0.4 is 11.1 Å². The third-order valence-electron chi connectivity index (χ3n) is 4.03. The molecule has 1 unspecified atom stereocenters. The van der Waals surface area contributed by atoms with Crippen LogP contribution in [-0.2, 0) is 13.0 Å². The van der Waals surface area contributed by atoms with Crippen LogP contribution in [0.5, 0.6) is 0 Å². The minimum atomic E-state index is 0. The summed E-state index contributed by atoms with van der Waals surface area (Å²) in [7, 11) is 0. The number of guanidine groups is 1. The highest BCUT2D eigenvalue weighted by molar-refractivity contribution is 14.0. The van der Waals surface area contributed by atoms with Gasteiger partial charge in [-0.25, -0.2) is 0 Å². The van der Waals surface area contributed by atoms with Crippen molar-refractivity contribution in [2.75, 3.05) is 18.4 Å². The zero-order chi connectivity index (χ0) is 15.4. The maximum absolute atomic E-state index is 5.97. The number of thiophene rings is 1. The third-order valence-corrected chi connectivity index (χ3v) is 5.06. The van der Waals surface area contributed by atoms with Crippen LogP contribution in [-0.4, -0.2) is 30.0 Å². The van der Waals surface area contributed by atoms with E-state index in [0.29, 0.717) is 18.5 Å². The second-order valence-corrected chi connectivity index (χ2v) is 6.66.